The molecule has 144 valence electrons. The summed E-state index contributed by atoms with van der Waals surface area (Å²) in [5.41, 5.74) is 5.40. The van der Waals surface area contributed by atoms with Gasteiger partial charge in [-0.15, -0.1) is 0 Å². The summed E-state index contributed by atoms with van der Waals surface area (Å²) in [6.07, 6.45) is 0.0452. The molecule has 0 spiro atoms. The van der Waals surface area contributed by atoms with Crippen LogP contribution in [0.5, 0.6) is 17.2 Å². The van der Waals surface area contributed by atoms with Crippen LogP contribution >= 0.6 is 15.9 Å². The van der Waals surface area contributed by atoms with E-state index in [-0.39, 0.29) is 11.7 Å². The summed E-state index contributed by atoms with van der Waals surface area (Å²) >= 11 is 3.34. The Labute approximate surface area is 166 Å². The maximum Gasteiger partial charge on any atom is 0.269 e. The van der Waals surface area contributed by atoms with Gasteiger partial charge in [0, 0.05) is 11.1 Å². The topological polar surface area (TPSA) is 85.9 Å². The molecule has 0 atom stereocenters. The maximum absolute atomic E-state index is 12.3. The molecule has 2 aromatic rings. The Morgan fingerprint density at radius 3 is 1.81 bits per heavy atom. The van der Waals surface area contributed by atoms with Crippen molar-refractivity contribution >= 4 is 27.7 Å². The Kier molecular flexibility index (Phi) is 7.06. The SMILES string of the molecule is COc1cc(C(=O)NNC(=O)c2ccc(OC(C)C)cc2)cc(OC)c1Br. The van der Waals surface area contributed by atoms with Crippen molar-refractivity contribution in [3.63, 3.8) is 0 Å². The molecule has 2 amide bonds. The smallest absolute Gasteiger partial charge is 0.269 e. The lowest BCUT2D eigenvalue weighted by Gasteiger charge is -2.12. The van der Waals surface area contributed by atoms with Crippen LogP contribution in [0.2, 0.25) is 0 Å². The van der Waals surface area contributed by atoms with Gasteiger partial charge in [-0.3, -0.25) is 20.4 Å². The Morgan fingerprint density at radius 1 is 0.889 bits per heavy atom. The molecule has 7 nitrogen and oxygen atoms in total. The molecule has 0 heterocycles. The molecule has 0 fully saturated rings. The zero-order chi connectivity index (χ0) is 20.0. The van der Waals surface area contributed by atoms with Crippen molar-refractivity contribution in [2.45, 2.75) is 20.0 Å². The van der Waals surface area contributed by atoms with E-state index >= 15 is 0 Å². The average Bonchev–Trinajstić information content (AvgIpc) is 2.66. The highest BCUT2D eigenvalue weighted by atomic mass is 79.9. The minimum absolute atomic E-state index is 0.0452. The Balaban J connectivity index is 2.03. The summed E-state index contributed by atoms with van der Waals surface area (Å²) in [6, 6.07) is 9.69. The van der Waals surface area contributed by atoms with Crippen LogP contribution in [0.3, 0.4) is 0 Å². The van der Waals surface area contributed by atoms with Crippen molar-refractivity contribution < 1.29 is 23.8 Å². The molecule has 0 aliphatic rings. The number of carbonyl (C=O) groups excluding carboxylic acids is 2. The van der Waals surface area contributed by atoms with E-state index < -0.39 is 11.8 Å². The summed E-state index contributed by atoms with van der Waals surface area (Å²) in [4.78, 5) is 24.5. The molecule has 0 unspecified atom stereocenters. The molecule has 0 bridgehead atoms. The van der Waals surface area contributed by atoms with Crippen LogP contribution in [0.1, 0.15) is 34.6 Å². The summed E-state index contributed by atoms with van der Waals surface area (Å²) in [7, 11) is 2.96. The number of benzene rings is 2. The van der Waals surface area contributed by atoms with Gasteiger partial charge in [-0.1, -0.05) is 0 Å². The van der Waals surface area contributed by atoms with Crippen LogP contribution in [0.25, 0.3) is 0 Å². The lowest BCUT2D eigenvalue weighted by atomic mass is 10.2. The number of rotatable bonds is 6. The van der Waals surface area contributed by atoms with Crippen LogP contribution < -0.4 is 25.1 Å². The quantitative estimate of drug-likeness (QED) is 0.678. The van der Waals surface area contributed by atoms with Gasteiger partial charge in [0.25, 0.3) is 11.8 Å². The largest absolute Gasteiger partial charge is 0.495 e. The third-order valence-corrected chi connectivity index (χ3v) is 4.27. The van der Waals surface area contributed by atoms with Crippen LogP contribution in [0.4, 0.5) is 0 Å². The second-order valence-corrected chi connectivity index (χ2v) is 6.59. The number of hydrogen-bond donors (Lipinski definition) is 2. The first kappa shape index (κ1) is 20.6. The number of ether oxygens (including phenoxy) is 3. The normalized spacial score (nSPS) is 10.3. The summed E-state index contributed by atoms with van der Waals surface area (Å²) in [6.45, 7) is 3.84. The maximum atomic E-state index is 12.3. The van der Waals surface area contributed by atoms with Gasteiger partial charge in [0.05, 0.1) is 20.3 Å². The van der Waals surface area contributed by atoms with E-state index in [1.54, 1.807) is 24.3 Å². The predicted molar refractivity (Wildman–Crippen MR) is 104 cm³/mol. The van der Waals surface area contributed by atoms with Crippen LogP contribution in [0.15, 0.2) is 40.9 Å². The van der Waals surface area contributed by atoms with E-state index in [0.29, 0.717) is 27.3 Å². The van der Waals surface area contributed by atoms with Gasteiger partial charge in [-0.25, -0.2) is 0 Å². The van der Waals surface area contributed by atoms with Crippen molar-refractivity contribution in [1.29, 1.82) is 0 Å². The molecule has 8 heteroatoms. The molecule has 2 N–H and O–H groups in total. The van der Waals surface area contributed by atoms with E-state index in [9.17, 15) is 9.59 Å². The summed E-state index contributed by atoms with van der Waals surface area (Å²) < 4.78 is 16.5. The van der Waals surface area contributed by atoms with E-state index in [2.05, 4.69) is 26.8 Å². The molecule has 27 heavy (non-hydrogen) atoms. The highest BCUT2D eigenvalue weighted by Gasteiger charge is 2.15. The fourth-order valence-corrected chi connectivity index (χ4v) is 2.77. The van der Waals surface area contributed by atoms with E-state index in [4.69, 9.17) is 14.2 Å². The number of nitrogens with one attached hydrogen (secondary N) is 2. The van der Waals surface area contributed by atoms with E-state index in [1.807, 2.05) is 13.8 Å². The van der Waals surface area contributed by atoms with E-state index in [1.165, 1.54) is 26.4 Å². The summed E-state index contributed by atoms with van der Waals surface area (Å²) in [5, 5.41) is 0. The van der Waals surface area contributed by atoms with Crippen molar-refractivity contribution in [2.75, 3.05) is 14.2 Å². The zero-order valence-corrected chi connectivity index (χ0v) is 17.0. The standard InChI is InChI=1S/C19H21BrN2O5/c1-11(2)27-14-7-5-12(6-8-14)18(23)21-22-19(24)13-9-15(25-3)17(20)16(10-13)26-4/h5-11H,1-4H3,(H,21,23)(H,22,24). The van der Waals surface area contributed by atoms with Gasteiger partial charge in [0.1, 0.15) is 21.7 Å². The van der Waals surface area contributed by atoms with Gasteiger partial charge in [0.15, 0.2) is 0 Å². The Hall–Kier alpha value is -2.74. The van der Waals surface area contributed by atoms with Crippen molar-refractivity contribution in [1.82, 2.24) is 10.9 Å². The third kappa shape index (κ3) is 5.37. The van der Waals surface area contributed by atoms with Crippen LogP contribution in [-0.4, -0.2) is 32.1 Å². The number of hydrazine groups is 1. The monoisotopic (exact) mass is 436 g/mol. The first-order valence-corrected chi connectivity index (χ1v) is 8.94. The first-order chi connectivity index (χ1) is 12.8. The van der Waals surface area contributed by atoms with Crippen LogP contribution in [-0.2, 0) is 0 Å². The fourth-order valence-electron chi connectivity index (χ4n) is 2.22. The highest BCUT2D eigenvalue weighted by molar-refractivity contribution is 9.10. The molecule has 0 saturated heterocycles. The fraction of sp³-hybridized carbons (Fsp3) is 0.263. The Morgan fingerprint density at radius 2 is 1.37 bits per heavy atom. The van der Waals surface area contributed by atoms with Crippen LogP contribution in [0, 0.1) is 0 Å². The molecule has 0 aliphatic heterocycles. The van der Waals surface area contributed by atoms with Crippen molar-refractivity contribution in [2.24, 2.45) is 0 Å². The van der Waals surface area contributed by atoms with Gasteiger partial charge in [-0.05, 0) is 66.2 Å². The molecule has 0 aromatic heterocycles. The molecule has 0 aliphatic carbocycles. The van der Waals surface area contributed by atoms with Gasteiger partial charge in [0.2, 0.25) is 0 Å². The average molecular weight is 437 g/mol. The van der Waals surface area contributed by atoms with Gasteiger partial charge >= 0.3 is 0 Å². The second kappa shape index (κ2) is 9.27. The van der Waals surface area contributed by atoms with Crippen molar-refractivity contribution in [3.8, 4) is 17.2 Å². The Bertz CT molecular complexity index is 796. The van der Waals surface area contributed by atoms with Crippen molar-refractivity contribution in [3.05, 3.63) is 52.0 Å². The lowest BCUT2D eigenvalue weighted by molar-refractivity contribution is 0.0846. The molecular weight excluding hydrogens is 416 g/mol. The number of hydrogen-bond acceptors (Lipinski definition) is 5. The first-order valence-electron chi connectivity index (χ1n) is 8.14. The molecule has 2 rings (SSSR count). The van der Waals surface area contributed by atoms with Gasteiger partial charge in [-0.2, -0.15) is 0 Å². The minimum atomic E-state index is -0.507. The zero-order valence-electron chi connectivity index (χ0n) is 15.5. The molecule has 0 saturated carbocycles. The lowest BCUT2D eigenvalue weighted by Crippen LogP contribution is -2.41. The molecule has 2 aromatic carbocycles. The number of methoxy groups -OCH3 is 2. The molecular formula is C19H21BrN2O5. The second-order valence-electron chi connectivity index (χ2n) is 5.79. The van der Waals surface area contributed by atoms with Gasteiger partial charge < -0.3 is 14.2 Å². The number of carbonyl (C=O) groups is 2. The number of halogens is 1. The highest BCUT2D eigenvalue weighted by Crippen LogP contribution is 2.35. The number of amides is 2. The van der Waals surface area contributed by atoms with E-state index in [0.717, 1.165) is 0 Å². The predicted octanol–water partition coefficient (Wildman–Crippen LogP) is 3.33. The third-order valence-electron chi connectivity index (χ3n) is 3.49. The summed E-state index contributed by atoms with van der Waals surface area (Å²) in [5.74, 6) is 0.584. The molecule has 0 radical (unpaired) electrons. The minimum Gasteiger partial charge on any atom is -0.495 e.